The van der Waals surface area contributed by atoms with Gasteiger partial charge in [-0.25, -0.2) is 13.6 Å². The molecule has 23 heavy (non-hydrogen) atoms. The second-order valence-corrected chi connectivity index (χ2v) is 5.69. The number of anilines is 1. The average Bonchev–Trinajstić information content (AvgIpc) is 2.47. The van der Waals surface area contributed by atoms with Crippen molar-refractivity contribution in [2.75, 3.05) is 11.9 Å². The Morgan fingerprint density at radius 3 is 2.35 bits per heavy atom. The lowest BCUT2D eigenvalue weighted by Gasteiger charge is -2.22. The number of hydrogen-bond donors (Lipinski definition) is 3. The van der Waals surface area contributed by atoms with E-state index in [0.717, 1.165) is 43.9 Å². The van der Waals surface area contributed by atoms with Crippen molar-refractivity contribution in [3.63, 3.8) is 0 Å². The Morgan fingerprint density at radius 2 is 1.70 bits per heavy atom. The molecule has 3 amide bonds. The van der Waals surface area contributed by atoms with Crippen molar-refractivity contribution in [3.05, 3.63) is 29.8 Å². The maximum Gasteiger partial charge on any atom is 0.315 e. The summed E-state index contributed by atoms with van der Waals surface area (Å²) in [7, 11) is 0. The van der Waals surface area contributed by atoms with Gasteiger partial charge in [0.15, 0.2) is 0 Å². The summed E-state index contributed by atoms with van der Waals surface area (Å²) in [5.74, 6) is -1.94. The molecule has 1 aliphatic rings. The number of halogens is 2. The van der Waals surface area contributed by atoms with Gasteiger partial charge in [-0.2, -0.15) is 0 Å². The van der Waals surface area contributed by atoms with E-state index in [1.807, 2.05) is 0 Å². The standard InChI is InChI=1S/C16H21F2N3O2/c17-11-8-12(18)10-14(9-11)20-15(22)6-7-19-16(23)21-13-4-2-1-3-5-13/h8-10,13H,1-7H2,(H,20,22)(H2,19,21,23). The Balaban J connectivity index is 1.66. The van der Waals surface area contributed by atoms with Crippen LogP contribution in [0.25, 0.3) is 0 Å². The van der Waals surface area contributed by atoms with E-state index in [4.69, 9.17) is 0 Å². The van der Waals surface area contributed by atoms with Gasteiger partial charge >= 0.3 is 6.03 Å². The second kappa shape index (κ2) is 8.45. The molecule has 0 bridgehead atoms. The first-order valence-corrected chi connectivity index (χ1v) is 7.83. The number of carbonyl (C=O) groups is 2. The molecule has 1 aromatic carbocycles. The fraction of sp³-hybridized carbons (Fsp3) is 0.500. The molecule has 0 atom stereocenters. The number of nitrogens with one attached hydrogen (secondary N) is 3. The zero-order valence-electron chi connectivity index (χ0n) is 12.8. The summed E-state index contributed by atoms with van der Waals surface area (Å²) in [6, 6.07) is 2.70. The van der Waals surface area contributed by atoms with Crippen LogP contribution >= 0.6 is 0 Å². The molecule has 1 saturated carbocycles. The maximum atomic E-state index is 13.0. The normalized spacial score (nSPS) is 15.0. The minimum atomic E-state index is -0.759. The SMILES string of the molecule is O=C(CCNC(=O)NC1CCCCC1)Nc1cc(F)cc(F)c1. The monoisotopic (exact) mass is 325 g/mol. The molecule has 0 radical (unpaired) electrons. The van der Waals surface area contributed by atoms with Crippen molar-refractivity contribution in [3.8, 4) is 0 Å². The Kier molecular flexibility index (Phi) is 6.31. The highest BCUT2D eigenvalue weighted by Gasteiger charge is 2.15. The molecule has 2 rings (SSSR count). The number of amides is 3. The van der Waals surface area contributed by atoms with Gasteiger partial charge in [0.1, 0.15) is 11.6 Å². The molecule has 1 aromatic rings. The van der Waals surface area contributed by atoms with E-state index in [9.17, 15) is 18.4 Å². The van der Waals surface area contributed by atoms with Crippen molar-refractivity contribution >= 4 is 17.6 Å². The number of carbonyl (C=O) groups excluding carboxylic acids is 2. The van der Waals surface area contributed by atoms with Gasteiger partial charge in [-0.15, -0.1) is 0 Å². The van der Waals surface area contributed by atoms with Crippen LogP contribution in [0.2, 0.25) is 0 Å². The molecule has 3 N–H and O–H groups in total. The molecule has 7 heteroatoms. The molecular weight excluding hydrogens is 304 g/mol. The first-order valence-electron chi connectivity index (χ1n) is 7.83. The van der Waals surface area contributed by atoms with E-state index in [1.165, 1.54) is 6.42 Å². The van der Waals surface area contributed by atoms with Gasteiger partial charge in [0.25, 0.3) is 0 Å². The van der Waals surface area contributed by atoms with E-state index in [0.29, 0.717) is 0 Å². The summed E-state index contributed by atoms with van der Waals surface area (Å²) < 4.78 is 26.0. The molecule has 0 spiro atoms. The van der Waals surface area contributed by atoms with Gasteiger partial charge in [0.05, 0.1) is 0 Å². The number of rotatable bonds is 5. The molecule has 0 aliphatic heterocycles. The van der Waals surface area contributed by atoms with Crippen molar-refractivity contribution in [2.24, 2.45) is 0 Å². The predicted octanol–water partition coefficient (Wildman–Crippen LogP) is 2.93. The molecular formula is C16H21F2N3O2. The van der Waals surface area contributed by atoms with Crippen LogP contribution in [0.1, 0.15) is 38.5 Å². The van der Waals surface area contributed by atoms with Gasteiger partial charge < -0.3 is 16.0 Å². The summed E-state index contributed by atoms with van der Waals surface area (Å²) in [6.07, 6.45) is 5.45. The third-order valence-electron chi connectivity index (χ3n) is 3.72. The molecule has 5 nitrogen and oxygen atoms in total. The summed E-state index contributed by atoms with van der Waals surface area (Å²) in [5, 5.41) is 7.87. The van der Waals surface area contributed by atoms with E-state index < -0.39 is 17.5 Å². The number of hydrogen-bond acceptors (Lipinski definition) is 2. The molecule has 1 aliphatic carbocycles. The van der Waals surface area contributed by atoms with Crippen molar-refractivity contribution in [1.82, 2.24) is 10.6 Å². The topological polar surface area (TPSA) is 70.2 Å². The van der Waals surface area contributed by atoms with Crippen LogP contribution in [0.5, 0.6) is 0 Å². The maximum absolute atomic E-state index is 13.0. The van der Waals surface area contributed by atoms with Crippen LogP contribution in [-0.2, 0) is 4.79 Å². The lowest BCUT2D eigenvalue weighted by atomic mass is 9.96. The molecule has 0 heterocycles. The first kappa shape index (κ1) is 17.2. The Hall–Kier alpha value is -2.18. The van der Waals surface area contributed by atoms with Crippen LogP contribution in [0.4, 0.5) is 19.3 Å². The second-order valence-electron chi connectivity index (χ2n) is 5.69. The van der Waals surface area contributed by atoms with E-state index >= 15 is 0 Å². The zero-order valence-corrected chi connectivity index (χ0v) is 12.8. The van der Waals surface area contributed by atoms with Crippen LogP contribution in [0.3, 0.4) is 0 Å². The smallest absolute Gasteiger partial charge is 0.315 e. The fourth-order valence-corrected chi connectivity index (χ4v) is 2.62. The molecule has 0 aromatic heterocycles. The van der Waals surface area contributed by atoms with Crippen LogP contribution < -0.4 is 16.0 Å². The average molecular weight is 325 g/mol. The Bertz CT molecular complexity index is 540. The zero-order chi connectivity index (χ0) is 16.7. The van der Waals surface area contributed by atoms with Crippen LogP contribution in [0, 0.1) is 11.6 Å². The minimum absolute atomic E-state index is 0.0240. The van der Waals surface area contributed by atoms with Crippen molar-refractivity contribution in [2.45, 2.75) is 44.6 Å². The quantitative estimate of drug-likeness (QED) is 0.779. The van der Waals surface area contributed by atoms with Gasteiger partial charge in [0, 0.05) is 30.8 Å². The highest BCUT2D eigenvalue weighted by Crippen LogP contribution is 2.17. The lowest BCUT2D eigenvalue weighted by molar-refractivity contribution is -0.116. The van der Waals surface area contributed by atoms with E-state index in [1.54, 1.807) is 0 Å². The number of urea groups is 1. The number of benzene rings is 1. The largest absolute Gasteiger partial charge is 0.338 e. The van der Waals surface area contributed by atoms with Gasteiger partial charge in [-0.3, -0.25) is 4.79 Å². The minimum Gasteiger partial charge on any atom is -0.338 e. The third-order valence-corrected chi connectivity index (χ3v) is 3.72. The van der Waals surface area contributed by atoms with Gasteiger partial charge in [-0.05, 0) is 25.0 Å². The van der Waals surface area contributed by atoms with Crippen LogP contribution in [-0.4, -0.2) is 24.5 Å². The van der Waals surface area contributed by atoms with Gasteiger partial charge in [0.2, 0.25) is 5.91 Å². The summed E-state index contributed by atoms with van der Waals surface area (Å²) in [5.41, 5.74) is 0.0548. The molecule has 1 fully saturated rings. The van der Waals surface area contributed by atoms with E-state index in [-0.39, 0.29) is 30.7 Å². The molecule has 0 saturated heterocycles. The van der Waals surface area contributed by atoms with Crippen LogP contribution in [0.15, 0.2) is 18.2 Å². The Morgan fingerprint density at radius 1 is 1.04 bits per heavy atom. The summed E-state index contributed by atoms with van der Waals surface area (Å²) >= 11 is 0. The fourth-order valence-electron chi connectivity index (χ4n) is 2.62. The van der Waals surface area contributed by atoms with Crippen molar-refractivity contribution < 1.29 is 18.4 Å². The highest BCUT2D eigenvalue weighted by molar-refractivity contribution is 5.91. The Labute approximate surface area is 133 Å². The summed E-state index contributed by atoms with van der Waals surface area (Å²) in [6.45, 7) is 0.155. The highest BCUT2D eigenvalue weighted by atomic mass is 19.1. The van der Waals surface area contributed by atoms with Crippen molar-refractivity contribution in [1.29, 1.82) is 0 Å². The third kappa shape index (κ3) is 6.22. The summed E-state index contributed by atoms with van der Waals surface area (Å²) in [4.78, 5) is 23.4. The molecule has 0 unspecified atom stereocenters. The van der Waals surface area contributed by atoms with E-state index in [2.05, 4.69) is 16.0 Å². The van der Waals surface area contributed by atoms with Gasteiger partial charge in [-0.1, -0.05) is 19.3 Å². The lowest BCUT2D eigenvalue weighted by Crippen LogP contribution is -2.43. The predicted molar refractivity (Wildman–Crippen MR) is 83.0 cm³/mol. The molecule has 126 valence electrons. The first-order chi connectivity index (χ1) is 11.0.